The first kappa shape index (κ1) is 12.8. The Balaban J connectivity index is 2.68. The zero-order valence-electron chi connectivity index (χ0n) is 9.46. The first-order valence-corrected chi connectivity index (χ1v) is 6.82. The van der Waals surface area contributed by atoms with Crippen LogP contribution in [0.5, 0.6) is 0 Å². The van der Waals surface area contributed by atoms with Gasteiger partial charge in [-0.1, -0.05) is 38.8 Å². The molecule has 1 aromatic carbocycles. The lowest BCUT2D eigenvalue weighted by Crippen LogP contribution is -2.52. The smallest absolute Gasteiger partial charge is 0.251 e. The number of carbonyl (C=O) groups is 2. The van der Waals surface area contributed by atoms with Crippen molar-refractivity contribution in [1.29, 1.82) is 0 Å². The van der Waals surface area contributed by atoms with Crippen LogP contribution in [0.2, 0.25) is 0 Å². The lowest BCUT2D eigenvalue weighted by molar-refractivity contribution is -0.119. The van der Waals surface area contributed by atoms with Crippen LogP contribution in [0, 0.1) is 0 Å². The molecular weight excluding hydrogens is 350 g/mol. The molecule has 1 heterocycles. The second kappa shape index (κ2) is 4.21. The van der Waals surface area contributed by atoms with Gasteiger partial charge in [-0.2, -0.15) is 0 Å². The Labute approximate surface area is 116 Å². The molecular formula is C12H11Br2NO2. The van der Waals surface area contributed by atoms with Crippen LogP contribution in [-0.4, -0.2) is 23.1 Å². The number of rotatable bonds is 1. The van der Waals surface area contributed by atoms with Gasteiger partial charge in [0.25, 0.3) is 5.91 Å². The van der Waals surface area contributed by atoms with E-state index in [2.05, 4.69) is 31.9 Å². The summed E-state index contributed by atoms with van der Waals surface area (Å²) in [7, 11) is 1.69. The second-order valence-electron chi connectivity index (χ2n) is 4.01. The average Bonchev–Trinajstić information content (AvgIpc) is 2.33. The molecule has 5 heteroatoms. The van der Waals surface area contributed by atoms with Crippen LogP contribution in [0.4, 0.5) is 5.69 Å². The van der Waals surface area contributed by atoms with Crippen molar-refractivity contribution in [3.8, 4) is 0 Å². The number of anilines is 1. The highest BCUT2D eigenvalue weighted by atomic mass is 79.9. The first-order valence-electron chi connectivity index (χ1n) is 5.23. The predicted molar refractivity (Wildman–Crippen MR) is 73.8 cm³/mol. The number of amides is 1. The van der Waals surface area contributed by atoms with Crippen molar-refractivity contribution in [2.24, 2.45) is 0 Å². The molecule has 0 fully saturated rings. The molecule has 0 aromatic heterocycles. The van der Waals surface area contributed by atoms with Gasteiger partial charge in [0.1, 0.15) is 0 Å². The molecule has 1 aliphatic rings. The summed E-state index contributed by atoms with van der Waals surface area (Å²) in [5, 5.41) is 0. The number of halogens is 2. The molecule has 0 spiro atoms. The molecule has 2 rings (SSSR count). The zero-order chi connectivity index (χ0) is 12.8. The molecule has 0 saturated carbocycles. The summed E-state index contributed by atoms with van der Waals surface area (Å²) < 4.78 is -0.284. The fourth-order valence-corrected chi connectivity index (χ4v) is 2.82. The van der Waals surface area contributed by atoms with E-state index in [0.29, 0.717) is 17.7 Å². The molecule has 90 valence electrons. The quantitative estimate of drug-likeness (QED) is 0.569. The normalized spacial score (nSPS) is 23.9. The Hall–Kier alpha value is -0.680. The lowest BCUT2D eigenvalue weighted by Gasteiger charge is -2.35. The van der Waals surface area contributed by atoms with E-state index >= 15 is 0 Å². The predicted octanol–water partition coefficient (Wildman–Crippen LogP) is 3.15. The number of carbonyl (C=O) groups excluding carboxylic acids is 2. The van der Waals surface area contributed by atoms with Crippen LogP contribution >= 0.6 is 31.9 Å². The number of hydrogen-bond acceptors (Lipinski definition) is 2. The fraction of sp³-hybridized carbons (Fsp3) is 0.333. The highest BCUT2D eigenvalue weighted by Gasteiger charge is 2.48. The van der Waals surface area contributed by atoms with E-state index in [4.69, 9.17) is 0 Å². The summed E-state index contributed by atoms with van der Waals surface area (Å²) in [5.74, 6) is -0.376. The summed E-state index contributed by atoms with van der Waals surface area (Å²) in [4.78, 5) is 26.1. The Morgan fingerprint density at radius 3 is 2.59 bits per heavy atom. The third-order valence-corrected chi connectivity index (χ3v) is 4.81. The minimum atomic E-state index is -1.12. The van der Waals surface area contributed by atoms with Crippen LogP contribution in [0.3, 0.4) is 0 Å². The zero-order valence-corrected chi connectivity index (χ0v) is 12.6. The highest BCUT2D eigenvalue weighted by Crippen LogP contribution is 2.39. The maximum atomic E-state index is 12.4. The molecule has 1 unspecified atom stereocenters. The largest absolute Gasteiger partial charge is 0.313 e. The molecule has 0 radical (unpaired) electrons. The summed E-state index contributed by atoms with van der Waals surface area (Å²) in [6.07, 6.45) is 0.432. The van der Waals surface area contributed by atoms with E-state index in [1.54, 1.807) is 19.2 Å². The molecule has 1 aromatic rings. The Kier molecular flexibility index (Phi) is 3.16. The Bertz CT molecular complexity index is 515. The number of ketones is 1. The van der Waals surface area contributed by atoms with Gasteiger partial charge in [0.2, 0.25) is 0 Å². The van der Waals surface area contributed by atoms with Gasteiger partial charge in [0.15, 0.2) is 10.1 Å². The van der Waals surface area contributed by atoms with E-state index in [9.17, 15) is 9.59 Å². The van der Waals surface area contributed by atoms with Crippen LogP contribution in [0.25, 0.3) is 0 Å². The van der Waals surface area contributed by atoms with E-state index in [1.165, 1.54) is 4.90 Å². The van der Waals surface area contributed by atoms with Crippen molar-refractivity contribution in [1.82, 2.24) is 0 Å². The van der Waals surface area contributed by atoms with E-state index < -0.39 is 4.32 Å². The summed E-state index contributed by atoms with van der Waals surface area (Å²) in [5.41, 5.74) is 1.23. The van der Waals surface area contributed by atoms with Crippen molar-refractivity contribution >= 4 is 49.2 Å². The molecule has 0 N–H and O–H groups in total. The fourth-order valence-electron chi connectivity index (χ4n) is 1.98. The third kappa shape index (κ3) is 1.76. The standard InChI is InChI=1S/C12H11Br2NO2/c1-3-12(14)10(16)8-6-7(13)4-5-9(8)15(2)11(12)17/h4-6H,3H2,1-2H3. The van der Waals surface area contributed by atoms with Gasteiger partial charge < -0.3 is 4.90 Å². The molecule has 3 nitrogen and oxygen atoms in total. The number of Topliss-reactive ketones (excluding diaryl/α,β-unsaturated/α-hetero) is 1. The van der Waals surface area contributed by atoms with Gasteiger partial charge in [0, 0.05) is 17.1 Å². The molecule has 1 aliphatic heterocycles. The van der Waals surface area contributed by atoms with Gasteiger partial charge in [0.05, 0.1) is 5.69 Å². The van der Waals surface area contributed by atoms with E-state index in [0.717, 1.165) is 4.47 Å². The maximum absolute atomic E-state index is 12.4. The topological polar surface area (TPSA) is 37.4 Å². The number of hydrogen-bond donors (Lipinski definition) is 0. The van der Waals surface area contributed by atoms with Gasteiger partial charge >= 0.3 is 0 Å². The third-order valence-electron chi connectivity index (χ3n) is 3.06. The molecule has 1 atom stereocenters. The first-order chi connectivity index (χ1) is 7.91. The summed E-state index contributed by atoms with van der Waals surface area (Å²) >= 11 is 6.65. The average molecular weight is 361 g/mol. The van der Waals surface area contributed by atoms with Crippen LogP contribution in [0.1, 0.15) is 23.7 Å². The van der Waals surface area contributed by atoms with Gasteiger partial charge in [-0.15, -0.1) is 0 Å². The van der Waals surface area contributed by atoms with Crippen LogP contribution in [-0.2, 0) is 4.79 Å². The summed E-state index contributed by atoms with van der Waals surface area (Å²) in [6.45, 7) is 1.82. The molecule has 0 bridgehead atoms. The monoisotopic (exact) mass is 359 g/mol. The van der Waals surface area contributed by atoms with Gasteiger partial charge in [-0.3, -0.25) is 9.59 Å². The Morgan fingerprint density at radius 2 is 2.00 bits per heavy atom. The highest BCUT2D eigenvalue weighted by molar-refractivity contribution is 9.10. The molecule has 17 heavy (non-hydrogen) atoms. The minimum Gasteiger partial charge on any atom is -0.313 e. The van der Waals surface area contributed by atoms with Crippen molar-refractivity contribution in [3.63, 3.8) is 0 Å². The number of fused-ring (bicyclic) bond motifs is 1. The molecule has 0 aliphatic carbocycles. The number of alkyl halides is 1. The van der Waals surface area contributed by atoms with Gasteiger partial charge in [-0.25, -0.2) is 0 Å². The minimum absolute atomic E-state index is 0.167. The second-order valence-corrected chi connectivity index (χ2v) is 6.28. The number of benzene rings is 1. The number of nitrogens with zero attached hydrogens (tertiary/aromatic N) is 1. The summed E-state index contributed by atoms with van der Waals surface area (Å²) in [6, 6.07) is 5.35. The molecule has 1 amide bonds. The van der Waals surface area contributed by atoms with Gasteiger partial charge in [-0.05, 0) is 24.6 Å². The van der Waals surface area contributed by atoms with Crippen molar-refractivity contribution in [3.05, 3.63) is 28.2 Å². The Morgan fingerprint density at radius 1 is 1.35 bits per heavy atom. The van der Waals surface area contributed by atoms with Crippen molar-refractivity contribution in [2.75, 3.05) is 11.9 Å². The lowest BCUT2D eigenvalue weighted by atomic mass is 9.88. The SMILES string of the molecule is CCC1(Br)C(=O)c2cc(Br)ccc2N(C)C1=O. The van der Waals surface area contributed by atoms with Crippen molar-refractivity contribution < 1.29 is 9.59 Å². The van der Waals surface area contributed by atoms with Crippen molar-refractivity contribution in [2.45, 2.75) is 17.7 Å². The van der Waals surface area contributed by atoms with Crippen LogP contribution in [0.15, 0.2) is 22.7 Å². The maximum Gasteiger partial charge on any atom is 0.251 e. The van der Waals surface area contributed by atoms with Crippen LogP contribution < -0.4 is 4.90 Å². The van der Waals surface area contributed by atoms with E-state index in [1.807, 2.05) is 13.0 Å². The molecule has 0 saturated heterocycles. The van der Waals surface area contributed by atoms with E-state index in [-0.39, 0.29) is 11.7 Å².